The van der Waals surface area contributed by atoms with E-state index in [9.17, 15) is 9.59 Å². The third kappa shape index (κ3) is 4.20. The number of halogens is 1. The molecule has 1 amide bonds. The number of amides is 1. The number of carbonyl (C=O) groups excluding carboxylic acids is 1. The van der Waals surface area contributed by atoms with E-state index < -0.39 is 11.7 Å². The maximum Gasteiger partial charge on any atom is 0.365 e. The normalized spacial score (nSPS) is 11.7. The number of nitrogens with one attached hydrogen (secondary N) is 1. The van der Waals surface area contributed by atoms with Gasteiger partial charge in [0.25, 0.3) is 0 Å². The van der Waals surface area contributed by atoms with Gasteiger partial charge in [0.2, 0.25) is 5.91 Å². The number of anilines is 1. The zero-order valence-electron chi connectivity index (χ0n) is 15.6. The van der Waals surface area contributed by atoms with Crippen LogP contribution in [0.1, 0.15) is 18.5 Å². The fraction of sp³-hybridized carbons (Fsp3) is 0.200. The van der Waals surface area contributed by atoms with Crippen LogP contribution < -0.4 is 15.7 Å². The molecule has 3 rings (SSSR count). The lowest BCUT2D eigenvalue weighted by molar-refractivity contribution is -0.119. The lowest BCUT2D eigenvalue weighted by atomic mass is 10.1. The molecule has 7 nitrogen and oxygen atoms in total. The van der Waals surface area contributed by atoms with Gasteiger partial charge in [-0.05, 0) is 55.8 Å². The van der Waals surface area contributed by atoms with Crippen molar-refractivity contribution < 1.29 is 9.53 Å². The highest BCUT2D eigenvalue weighted by molar-refractivity contribution is 6.31. The molecule has 1 aromatic heterocycles. The summed E-state index contributed by atoms with van der Waals surface area (Å²) < 4.78 is 6.16. The van der Waals surface area contributed by atoms with Gasteiger partial charge in [0.15, 0.2) is 0 Å². The van der Waals surface area contributed by atoms with E-state index in [0.29, 0.717) is 22.2 Å². The molecule has 0 fully saturated rings. The van der Waals surface area contributed by atoms with Gasteiger partial charge in [-0.3, -0.25) is 4.79 Å². The second-order valence-corrected chi connectivity index (χ2v) is 6.66. The van der Waals surface area contributed by atoms with Crippen LogP contribution in [-0.4, -0.2) is 27.8 Å². The fourth-order valence-electron chi connectivity index (χ4n) is 2.59. The second-order valence-electron chi connectivity index (χ2n) is 6.22. The third-order valence-corrected chi connectivity index (χ3v) is 4.54. The Labute approximate surface area is 166 Å². The van der Waals surface area contributed by atoms with Crippen molar-refractivity contribution in [3.05, 3.63) is 69.7 Å². The van der Waals surface area contributed by atoms with E-state index in [1.807, 2.05) is 6.92 Å². The Hall–Kier alpha value is -3.19. The molecular weight excluding hydrogens is 380 g/mol. The molecule has 0 aliphatic rings. The zero-order valence-corrected chi connectivity index (χ0v) is 16.4. The minimum Gasteiger partial charge on any atom is -0.497 e. The molecule has 0 unspecified atom stereocenters. The maximum atomic E-state index is 12.6. The third-order valence-electron chi connectivity index (χ3n) is 4.31. The maximum absolute atomic E-state index is 12.6. The molecule has 1 N–H and O–H groups in total. The van der Waals surface area contributed by atoms with E-state index in [-0.39, 0.29) is 5.91 Å². The number of carbonyl (C=O) groups is 1. The number of hydrogen-bond acceptors (Lipinski definition) is 5. The molecule has 144 valence electrons. The van der Waals surface area contributed by atoms with Crippen LogP contribution in [0.25, 0.3) is 11.3 Å². The summed E-state index contributed by atoms with van der Waals surface area (Å²) in [5.41, 5.74) is 1.98. The van der Waals surface area contributed by atoms with E-state index in [1.54, 1.807) is 56.5 Å². The van der Waals surface area contributed by atoms with E-state index in [1.165, 1.54) is 6.20 Å². The molecule has 0 aliphatic heterocycles. The molecule has 0 bridgehead atoms. The molecule has 0 radical (unpaired) electrons. The molecule has 2 aromatic carbocycles. The summed E-state index contributed by atoms with van der Waals surface area (Å²) in [4.78, 5) is 29.0. The lowest BCUT2D eigenvalue weighted by Crippen LogP contribution is -2.35. The molecule has 1 heterocycles. The largest absolute Gasteiger partial charge is 0.497 e. The van der Waals surface area contributed by atoms with Crippen LogP contribution in [0.15, 0.2) is 53.5 Å². The number of methoxy groups -OCH3 is 1. The number of rotatable bonds is 5. The van der Waals surface area contributed by atoms with Crippen molar-refractivity contribution in [2.75, 3.05) is 12.4 Å². The first-order valence-corrected chi connectivity index (χ1v) is 8.94. The van der Waals surface area contributed by atoms with Gasteiger partial charge in [0.1, 0.15) is 11.8 Å². The van der Waals surface area contributed by atoms with Gasteiger partial charge in [0.05, 0.1) is 19.0 Å². The number of benzene rings is 2. The predicted molar refractivity (Wildman–Crippen MR) is 108 cm³/mol. The van der Waals surface area contributed by atoms with E-state index in [2.05, 4.69) is 15.4 Å². The zero-order chi connectivity index (χ0) is 20.3. The minimum atomic E-state index is -0.844. The molecule has 1 atom stereocenters. The second kappa shape index (κ2) is 8.22. The van der Waals surface area contributed by atoms with Crippen LogP contribution in [-0.2, 0) is 4.79 Å². The molecule has 8 heteroatoms. The van der Waals surface area contributed by atoms with Crippen LogP contribution >= 0.6 is 11.6 Å². The Balaban J connectivity index is 1.81. The summed E-state index contributed by atoms with van der Waals surface area (Å²) in [7, 11) is 1.58. The topological polar surface area (TPSA) is 86.1 Å². The minimum absolute atomic E-state index is 0.390. The van der Waals surface area contributed by atoms with Crippen molar-refractivity contribution in [2.24, 2.45) is 0 Å². The number of aromatic nitrogens is 3. The average Bonchev–Trinajstić information content (AvgIpc) is 2.70. The Bertz CT molecular complexity index is 1060. The van der Waals surface area contributed by atoms with Gasteiger partial charge in [-0.15, -0.1) is 0 Å². The van der Waals surface area contributed by atoms with Gasteiger partial charge >= 0.3 is 5.69 Å². The van der Waals surface area contributed by atoms with Crippen LogP contribution in [0.4, 0.5) is 5.69 Å². The van der Waals surface area contributed by atoms with E-state index in [4.69, 9.17) is 16.3 Å². The number of hydrogen-bond donors (Lipinski definition) is 1. The van der Waals surface area contributed by atoms with Gasteiger partial charge in [-0.25, -0.2) is 9.48 Å². The standard InChI is InChI=1S/C20H19ClN4O3/c1-12-4-7-15(21)10-17(12)23-19(26)13(2)25-20(27)24-18(11-22-25)14-5-8-16(28-3)9-6-14/h4-11,13H,1-3H3,(H,23,26)/t13-/m1/s1. The molecule has 0 saturated heterocycles. The summed E-state index contributed by atoms with van der Waals surface area (Å²) in [6.45, 7) is 3.44. The summed E-state index contributed by atoms with van der Waals surface area (Å²) in [6, 6.07) is 11.5. The Morgan fingerprint density at radius 1 is 1.21 bits per heavy atom. The fourth-order valence-corrected chi connectivity index (χ4v) is 2.77. The Morgan fingerprint density at radius 2 is 1.93 bits per heavy atom. The van der Waals surface area contributed by atoms with Crippen LogP contribution in [0.2, 0.25) is 5.02 Å². The highest BCUT2D eigenvalue weighted by Crippen LogP contribution is 2.22. The monoisotopic (exact) mass is 398 g/mol. The van der Waals surface area contributed by atoms with E-state index >= 15 is 0 Å². The van der Waals surface area contributed by atoms with Crippen molar-refractivity contribution in [1.82, 2.24) is 14.8 Å². The smallest absolute Gasteiger partial charge is 0.365 e. The van der Waals surface area contributed by atoms with Gasteiger partial charge < -0.3 is 10.1 Å². The van der Waals surface area contributed by atoms with Crippen LogP contribution in [0, 0.1) is 6.92 Å². The SMILES string of the molecule is COc1ccc(-c2cnn([C@H](C)C(=O)Nc3cc(Cl)ccc3C)c(=O)n2)cc1. The molecule has 28 heavy (non-hydrogen) atoms. The molecular formula is C20H19ClN4O3. The van der Waals surface area contributed by atoms with E-state index in [0.717, 1.165) is 15.8 Å². The van der Waals surface area contributed by atoms with Crippen molar-refractivity contribution >= 4 is 23.2 Å². The number of ether oxygens (including phenoxy) is 1. The Kier molecular flexibility index (Phi) is 5.75. The summed E-state index contributed by atoms with van der Waals surface area (Å²) in [5.74, 6) is 0.311. The first kappa shape index (κ1) is 19.6. The average molecular weight is 399 g/mol. The highest BCUT2D eigenvalue weighted by atomic mass is 35.5. The lowest BCUT2D eigenvalue weighted by Gasteiger charge is -2.15. The van der Waals surface area contributed by atoms with Crippen LogP contribution in [0.3, 0.4) is 0 Å². The van der Waals surface area contributed by atoms with Crippen LogP contribution in [0.5, 0.6) is 5.75 Å². The number of nitrogens with zero attached hydrogens (tertiary/aromatic N) is 3. The van der Waals surface area contributed by atoms with Crippen molar-refractivity contribution in [3.63, 3.8) is 0 Å². The Morgan fingerprint density at radius 3 is 2.57 bits per heavy atom. The predicted octanol–water partition coefficient (Wildman–Crippen LogP) is 3.48. The molecule has 0 aliphatic carbocycles. The summed E-state index contributed by atoms with van der Waals surface area (Å²) in [6.07, 6.45) is 1.46. The first-order valence-electron chi connectivity index (χ1n) is 8.56. The molecule has 0 saturated carbocycles. The van der Waals surface area contributed by atoms with Crippen molar-refractivity contribution in [3.8, 4) is 17.0 Å². The molecule has 0 spiro atoms. The summed E-state index contributed by atoms with van der Waals surface area (Å²) in [5, 5.41) is 7.40. The first-order chi connectivity index (χ1) is 13.4. The van der Waals surface area contributed by atoms with Gasteiger partial charge in [-0.2, -0.15) is 10.1 Å². The number of aryl methyl sites for hydroxylation is 1. The van der Waals surface area contributed by atoms with Crippen molar-refractivity contribution in [2.45, 2.75) is 19.9 Å². The van der Waals surface area contributed by atoms with Gasteiger partial charge in [0, 0.05) is 16.3 Å². The van der Waals surface area contributed by atoms with Gasteiger partial charge in [-0.1, -0.05) is 17.7 Å². The molecule has 3 aromatic rings. The summed E-state index contributed by atoms with van der Waals surface area (Å²) >= 11 is 5.98. The van der Waals surface area contributed by atoms with Crippen molar-refractivity contribution in [1.29, 1.82) is 0 Å². The quantitative estimate of drug-likeness (QED) is 0.711. The highest BCUT2D eigenvalue weighted by Gasteiger charge is 2.19.